The summed E-state index contributed by atoms with van der Waals surface area (Å²) in [5.74, 6) is 0.778. The van der Waals surface area contributed by atoms with Crippen molar-refractivity contribution in [1.29, 1.82) is 0 Å². The quantitative estimate of drug-likeness (QED) is 0.778. The van der Waals surface area contributed by atoms with Gasteiger partial charge in [-0.3, -0.25) is 4.68 Å². The van der Waals surface area contributed by atoms with Crippen molar-refractivity contribution in [2.24, 2.45) is 7.05 Å². The van der Waals surface area contributed by atoms with Crippen molar-refractivity contribution < 1.29 is 4.52 Å². The van der Waals surface area contributed by atoms with Crippen LogP contribution < -0.4 is 5.32 Å². The molecule has 0 aliphatic carbocycles. The molecule has 0 unspecified atom stereocenters. The minimum Gasteiger partial charge on any atom is -0.375 e. The van der Waals surface area contributed by atoms with Crippen LogP contribution >= 0.6 is 0 Å². The molecule has 0 saturated carbocycles. The summed E-state index contributed by atoms with van der Waals surface area (Å²) in [5.41, 5.74) is 1.90. The number of hydrogen-bond acceptors (Lipinski definition) is 5. The molecule has 0 aromatic carbocycles. The molecular formula is C8H11N5O. The summed E-state index contributed by atoms with van der Waals surface area (Å²) in [6.45, 7) is 2.52. The van der Waals surface area contributed by atoms with Crippen LogP contribution in [-0.2, 0) is 13.6 Å². The van der Waals surface area contributed by atoms with E-state index in [4.69, 9.17) is 4.52 Å². The third-order valence-electron chi connectivity index (χ3n) is 2.02. The first-order chi connectivity index (χ1) is 6.77. The largest absolute Gasteiger partial charge is 0.375 e. The van der Waals surface area contributed by atoms with Gasteiger partial charge in [0, 0.05) is 7.05 Å². The number of hydrogen-bond donors (Lipinski definition) is 1. The lowest BCUT2D eigenvalue weighted by Crippen LogP contribution is -2.05. The SMILES string of the molecule is Cc1oncc1NCc1cnnn1C. The Labute approximate surface area is 80.9 Å². The van der Waals surface area contributed by atoms with Gasteiger partial charge in [-0.1, -0.05) is 10.4 Å². The fourth-order valence-corrected chi connectivity index (χ4v) is 1.13. The van der Waals surface area contributed by atoms with Gasteiger partial charge in [0.25, 0.3) is 0 Å². The van der Waals surface area contributed by atoms with Crippen molar-refractivity contribution in [2.75, 3.05) is 5.32 Å². The van der Waals surface area contributed by atoms with Crippen LogP contribution in [0, 0.1) is 6.92 Å². The fourth-order valence-electron chi connectivity index (χ4n) is 1.13. The van der Waals surface area contributed by atoms with E-state index in [9.17, 15) is 0 Å². The summed E-state index contributed by atoms with van der Waals surface area (Å²) in [5, 5.41) is 14.5. The minimum absolute atomic E-state index is 0.658. The molecule has 0 atom stereocenters. The molecule has 0 fully saturated rings. The van der Waals surface area contributed by atoms with Crippen LogP contribution in [0.2, 0.25) is 0 Å². The maximum absolute atomic E-state index is 4.91. The topological polar surface area (TPSA) is 68.8 Å². The molecule has 2 heterocycles. The molecule has 0 amide bonds. The third-order valence-corrected chi connectivity index (χ3v) is 2.02. The lowest BCUT2D eigenvalue weighted by Gasteiger charge is -2.02. The number of aryl methyl sites for hydroxylation is 2. The van der Waals surface area contributed by atoms with Crippen LogP contribution in [0.4, 0.5) is 5.69 Å². The van der Waals surface area contributed by atoms with Crippen molar-refractivity contribution in [3.63, 3.8) is 0 Å². The number of nitrogens with one attached hydrogen (secondary N) is 1. The molecule has 6 heteroatoms. The van der Waals surface area contributed by atoms with E-state index in [0.717, 1.165) is 17.1 Å². The van der Waals surface area contributed by atoms with Gasteiger partial charge in [-0.25, -0.2) is 0 Å². The summed E-state index contributed by atoms with van der Waals surface area (Å²) in [6, 6.07) is 0. The fraction of sp³-hybridized carbons (Fsp3) is 0.375. The first-order valence-corrected chi connectivity index (χ1v) is 4.26. The Morgan fingerprint density at radius 2 is 2.36 bits per heavy atom. The van der Waals surface area contributed by atoms with Gasteiger partial charge in [0.2, 0.25) is 0 Å². The lowest BCUT2D eigenvalue weighted by molar-refractivity contribution is 0.398. The van der Waals surface area contributed by atoms with Crippen molar-refractivity contribution in [2.45, 2.75) is 13.5 Å². The molecule has 2 aromatic rings. The molecule has 0 aliphatic heterocycles. The van der Waals surface area contributed by atoms with E-state index in [1.807, 2.05) is 14.0 Å². The monoisotopic (exact) mass is 193 g/mol. The summed E-state index contributed by atoms with van der Waals surface area (Å²) in [7, 11) is 1.85. The predicted molar refractivity (Wildman–Crippen MR) is 49.6 cm³/mol. The Balaban J connectivity index is 2.02. The third kappa shape index (κ3) is 1.59. The Bertz CT molecular complexity index is 379. The van der Waals surface area contributed by atoms with Gasteiger partial charge in [0.05, 0.1) is 30.3 Å². The molecule has 14 heavy (non-hydrogen) atoms. The van der Waals surface area contributed by atoms with E-state index in [0.29, 0.717) is 6.54 Å². The summed E-state index contributed by atoms with van der Waals surface area (Å²) in [6.07, 6.45) is 3.37. The Morgan fingerprint density at radius 3 is 2.93 bits per heavy atom. The first kappa shape index (κ1) is 8.74. The highest BCUT2D eigenvalue weighted by Gasteiger charge is 2.03. The van der Waals surface area contributed by atoms with Crippen LogP contribution in [0.1, 0.15) is 11.5 Å². The Hall–Kier alpha value is -1.85. The molecule has 0 spiro atoms. The van der Waals surface area contributed by atoms with E-state index < -0.39 is 0 Å². The first-order valence-electron chi connectivity index (χ1n) is 4.26. The van der Waals surface area contributed by atoms with Crippen molar-refractivity contribution in [3.05, 3.63) is 23.8 Å². The summed E-state index contributed by atoms with van der Waals surface area (Å²) < 4.78 is 6.63. The van der Waals surface area contributed by atoms with Crippen LogP contribution in [0.5, 0.6) is 0 Å². The highest BCUT2D eigenvalue weighted by molar-refractivity contribution is 5.43. The number of rotatable bonds is 3. The molecule has 2 aromatic heterocycles. The molecule has 2 rings (SSSR count). The van der Waals surface area contributed by atoms with Gasteiger partial charge in [0.15, 0.2) is 5.76 Å². The smallest absolute Gasteiger partial charge is 0.156 e. The normalized spacial score (nSPS) is 10.4. The van der Waals surface area contributed by atoms with E-state index in [-0.39, 0.29) is 0 Å². The number of nitrogens with zero attached hydrogens (tertiary/aromatic N) is 4. The minimum atomic E-state index is 0.658. The molecule has 6 nitrogen and oxygen atoms in total. The Kier molecular flexibility index (Phi) is 2.18. The second-order valence-corrected chi connectivity index (χ2v) is 3.00. The molecular weight excluding hydrogens is 182 g/mol. The van der Waals surface area contributed by atoms with E-state index >= 15 is 0 Å². The number of aromatic nitrogens is 4. The molecule has 0 aliphatic rings. The van der Waals surface area contributed by atoms with Crippen LogP contribution in [0.15, 0.2) is 16.9 Å². The average Bonchev–Trinajstić information content (AvgIpc) is 2.72. The summed E-state index contributed by atoms with van der Waals surface area (Å²) in [4.78, 5) is 0. The highest BCUT2D eigenvalue weighted by atomic mass is 16.5. The van der Waals surface area contributed by atoms with Gasteiger partial charge < -0.3 is 9.84 Å². The zero-order valence-electron chi connectivity index (χ0n) is 8.06. The van der Waals surface area contributed by atoms with Crippen LogP contribution in [0.25, 0.3) is 0 Å². The van der Waals surface area contributed by atoms with Gasteiger partial charge in [-0.2, -0.15) is 0 Å². The lowest BCUT2D eigenvalue weighted by atomic mass is 10.4. The maximum Gasteiger partial charge on any atom is 0.156 e. The Morgan fingerprint density at radius 1 is 1.50 bits per heavy atom. The van der Waals surface area contributed by atoms with Crippen molar-refractivity contribution in [3.8, 4) is 0 Å². The molecule has 0 bridgehead atoms. The number of anilines is 1. The van der Waals surface area contributed by atoms with E-state index in [1.54, 1.807) is 17.1 Å². The van der Waals surface area contributed by atoms with Crippen LogP contribution in [0.3, 0.4) is 0 Å². The maximum atomic E-state index is 4.91. The van der Waals surface area contributed by atoms with E-state index in [1.165, 1.54) is 0 Å². The second kappa shape index (κ2) is 3.49. The predicted octanol–water partition coefficient (Wildman–Crippen LogP) is 0.724. The average molecular weight is 193 g/mol. The van der Waals surface area contributed by atoms with E-state index in [2.05, 4.69) is 20.8 Å². The molecule has 1 N–H and O–H groups in total. The summed E-state index contributed by atoms with van der Waals surface area (Å²) >= 11 is 0. The zero-order chi connectivity index (χ0) is 9.97. The van der Waals surface area contributed by atoms with Crippen molar-refractivity contribution >= 4 is 5.69 Å². The molecule has 0 radical (unpaired) electrons. The second-order valence-electron chi connectivity index (χ2n) is 3.00. The van der Waals surface area contributed by atoms with Gasteiger partial charge in [0.1, 0.15) is 0 Å². The highest BCUT2D eigenvalue weighted by Crippen LogP contribution is 2.13. The molecule has 74 valence electrons. The van der Waals surface area contributed by atoms with Gasteiger partial charge >= 0.3 is 0 Å². The molecule has 0 saturated heterocycles. The van der Waals surface area contributed by atoms with Crippen molar-refractivity contribution in [1.82, 2.24) is 20.2 Å². The zero-order valence-corrected chi connectivity index (χ0v) is 8.06. The van der Waals surface area contributed by atoms with Gasteiger partial charge in [-0.15, -0.1) is 5.10 Å². The van der Waals surface area contributed by atoms with Gasteiger partial charge in [-0.05, 0) is 6.92 Å². The van der Waals surface area contributed by atoms with Crippen LogP contribution in [-0.4, -0.2) is 20.2 Å². The standard InChI is InChI=1S/C8H11N5O/c1-6-8(5-11-14-6)9-3-7-4-10-12-13(7)2/h4-5,9H,3H2,1-2H3.